The van der Waals surface area contributed by atoms with E-state index in [1.165, 1.54) is 0 Å². The average molecular weight is 441 g/mol. The number of amides is 1. The van der Waals surface area contributed by atoms with Gasteiger partial charge in [-0.1, -0.05) is 24.3 Å². The fourth-order valence-corrected chi connectivity index (χ4v) is 3.84. The molecule has 1 aliphatic rings. The molecular weight excluding hydrogens is 418 g/mol. The lowest BCUT2D eigenvalue weighted by Gasteiger charge is -2.35. The highest BCUT2D eigenvalue weighted by atomic mass is 16.5. The summed E-state index contributed by atoms with van der Waals surface area (Å²) in [5.41, 5.74) is 3.06. The van der Waals surface area contributed by atoms with Gasteiger partial charge < -0.3 is 19.7 Å². The van der Waals surface area contributed by atoms with Crippen LogP contribution in [0.1, 0.15) is 5.56 Å². The minimum Gasteiger partial charge on any atom is -0.493 e. The summed E-state index contributed by atoms with van der Waals surface area (Å²) in [7, 11) is 1.54. The first-order valence-corrected chi connectivity index (χ1v) is 10.6. The topological polar surface area (TPSA) is 81.5 Å². The van der Waals surface area contributed by atoms with Gasteiger partial charge in [-0.2, -0.15) is 5.10 Å². The standard InChI is InChI=1S/C25H23N5O3/c1-32-22-8-4-13-26-24(22)28-25(31)23-17-29(20-6-2-3-7-21(20)33-23)16-18-9-11-19(12-10-18)30-15-5-14-27-30/h2-15,23H,16-17H2,1H3,(H,26,28,31). The first kappa shape index (κ1) is 20.6. The molecule has 2 aromatic heterocycles. The Balaban J connectivity index is 1.35. The van der Waals surface area contributed by atoms with Crippen LogP contribution in [0.2, 0.25) is 0 Å². The van der Waals surface area contributed by atoms with Crippen LogP contribution in [0.5, 0.6) is 11.5 Å². The van der Waals surface area contributed by atoms with E-state index in [9.17, 15) is 4.79 Å². The summed E-state index contributed by atoms with van der Waals surface area (Å²) >= 11 is 0. The third-order valence-corrected chi connectivity index (χ3v) is 5.46. The molecule has 0 aliphatic carbocycles. The Labute approximate surface area is 191 Å². The second-order valence-electron chi connectivity index (χ2n) is 7.62. The lowest BCUT2D eigenvalue weighted by Crippen LogP contribution is -2.46. The number of carbonyl (C=O) groups excluding carboxylic acids is 1. The van der Waals surface area contributed by atoms with Crippen molar-refractivity contribution in [1.29, 1.82) is 0 Å². The fourth-order valence-electron chi connectivity index (χ4n) is 3.84. The third kappa shape index (κ3) is 4.36. The van der Waals surface area contributed by atoms with Crippen molar-refractivity contribution in [3.8, 4) is 17.2 Å². The SMILES string of the molecule is COc1cccnc1NC(=O)C1CN(Cc2ccc(-n3cccn3)cc2)c2ccccc2O1. The van der Waals surface area contributed by atoms with E-state index in [0.29, 0.717) is 30.4 Å². The van der Waals surface area contributed by atoms with E-state index in [1.54, 1.807) is 31.6 Å². The molecule has 5 rings (SSSR count). The van der Waals surface area contributed by atoms with Crippen LogP contribution in [-0.4, -0.2) is 40.4 Å². The van der Waals surface area contributed by atoms with Gasteiger partial charge in [0.05, 0.1) is 25.0 Å². The normalized spacial score (nSPS) is 14.8. The number of aromatic nitrogens is 3. The number of hydrogen-bond acceptors (Lipinski definition) is 6. The van der Waals surface area contributed by atoms with Gasteiger partial charge in [-0.25, -0.2) is 9.67 Å². The van der Waals surface area contributed by atoms with Crippen LogP contribution in [-0.2, 0) is 11.3 Å². The van der Waals surface area contributed by atoms with Gasteiger partial charge in [0, 0.05) is 25.1 Å². The van der Waals surface area contributed by atoms with Gasteiger partial charge in [-0.15, -0.1) is 0 Å². The summed E-state index contributed by atoms with van der Waals surface area (Å²) in [5.74, 6) is 1.26. The molecule has 0 fully saturated rings. The maximum atomic E-state index is 13.1. The number of nitrogens with one attached hydrogen (secondary N) is 1. The Hall–Kier alpha value is -4.33. The molecule has 1 atom stereocenters. The molecule has 2 aromatic carbocycles. The van der Waals surface area contributed by atoms with Crippen LogP contribution in [0.15, 0.2) is 85.3 Å². The molecule has 8 heteroatoms. The zero-order valence-electron chi connectivity index (χ0n) is 18.1. The number of carbonyl (C=O) groups is 1. The Bertz CT molecular complexity index is 1240. The Morgan fingerprint density at radius 1 is 1.09 bits per heavy atom. The summed E-state index contributed by atoms with van der Waals surface area (Å²) in [4.78, 5) is 19.4. The van der Waals surface area contributed by atoms with E-state index >= 15 is 0 Å². The molecular formula is C25H23N5O3. The van der Waals surface area contributed by atoms with Gasteiger partial charge in [0.15, 0.2) is 17.7 Å². The summed E-state index contributed by atoms with van der Waals surface area (Å²) < 4.78 is 13.2. The predicted octanol–water partition coefficient (Wildman–Crippen LogP) is 3.68. The van der Waals surface area contributed by atoms with E-state index in [0.717, 1.165) is 16.9 Å². The minimum atomic E-state index is -0.699. The quantitative estimate of drug-likeness (QED) is 0.492. The lowest BCUT2D eigenvalue weighted by atomic mass is 10.1. The molecule has 1 amide bonds. The van der Waals surface area contributed by atoms with Crippen LogP contribution in [0.4, 0.5) is 11.5 Å². The molecule has 0 saturated heterocycles. The van der Waals surface area contributed by atoms with Crippen LogP contribution in [0.25, 0.3) is 5.69 Å². The highest BCUT2D eigenvalue weighted by Crippen LogP contribution is 2.34. The van der Waals surface area contributed by atoms with Crippen molar-refractivity contribution in [2.24, 2.45) is 0 Å². The van der Waals surface area contributed by atoms with Gasteiger partial charge in [-0.05, 0) is 48.0 Å². The molecule has 1 unspecified atom stereocenters. The Morgan fingerprint density at radius 3 is 2.73 bits per heavy atom. The third-order valence-electron chi connectivity index (χ3n) is 5.46. The molecule has 0 radical (unpaired) electrons. The van der Waals surface area contributed by atoms with E-state index in [1.807, 2.05) is 53.3 Å². The van der Waals surface area contributed by atoms with Crippen molar-refractivity contribution in [3.05, 3.63) is 90.9 Å². The zero-order valence-corrected chi connectivity index (χ0v) is 18.1. The molecule has 0 bridgehead atoms. The number of ether oxygens (including phenoxy) is 2. The van der Waals surface area contributed by atoms with E-state index in [4.69, 9.17) is 9.47 Å². The molecule has 0 saturated carbocycles. The van der Waals surface area contributed by atoms with Crippen LogP contribution in [0, 0.1) is 0 Å². The molecule has 0 spiro atoms. The number of methoxy groups -OCH3 is 1. The van der Waals surface area contributed by atoms with Crippen LogP contribution in [0.3, 0.4) is 0 Å². The molecule has 33 heavy (non-hydrogen) atoms. The number of fused-ring (bicyclic) bond motifs is 1. The van der Waals surface area contributed by atoms with Gasteiger partial charge >= 0.3 is 0 Å². The summed E-state index contributed by atoms with van der Waals surface area (Å²) in [6, 6.07) is 21.4. The molecule has 3 heterocycles. The number of pyridine rings is 1. The van der Waals surface area contributed by atoms with Crippen LogP contribution < -0.4 is 19.7 Å². The van der Waals surface area contributed by atoms with Crippen molar-refractivity contribution >= 4 is 17.4 Å². The maximum absolute atomic E-state index is 13.1. The first-order valence-electron chi connectivity index (χ1n) is 10.6. The van der Waals surface area contributed by atoms with Crippen molar-refractivity contribution in [2.75, 3.05) is 23.9 Å². The molecule has 166 valence electrons. The summed E-state index contributed by atoms with van der Waals surface area (Å²) in [6.07, 6.45) is 4.57. The van der Waals surface area contributed by atoms with E-state index < -0.39 is 6.10 Å². The summed E-state index contributed by atoms with van der Waals surface area (Å²) in [5, 5.41) is 7.10. The van der Waals surface area contributed by atoms with Gasteiger partial charge in [-0.3, -0.25) is 4.79 Å². The van der Waals surface area contributed by atoms with E-state index in [-0.39, 0.29) is 5.91 Å². The molecule has 8 nitrogen and oxygen atoms in total. The molecule has 1 aliphatic heterocycles. The van der Waals surface area contributed by atoms with Gasteiger partial charge in [0.1, 0.15) is 5.75 Å². The Kier molecular flexibility index (Phi) is 5.63. The number of benzene rings is 2. The van der Waals surface area contributed by atoms with Crippen molar-refractivity contribution in [3.63, 3.8) is 0 Å². The predicted molar refractivity (Wildman–Crippen MR) is 125 cm³/mol. The average Bonchev–Trinajstić information content (AvgIpc) is 3.40. The smallest absolute Gasteiger partial charge is 0.268 e. The largest absolute Gasteiger partial charge is 0.493 e. The molecule has 1 N–H and O–H groups in total. The monoisotopic (exact) mass is 441 g/mol. The zero-order chi connectivity index (χ0) is 22.6. The fraction of sp³-hybridized carbons (Fsp3) is 0.160. The number of rotatable bonds is 6. The van der Waals surface area contributed by atoms with Gasteiger partial charge in [0.25, 0.3) is 5.91 Å². The maximum Gasteiger partial charge on any atom is 0.268 e. The lowest BCUT2D eigenvalue weighted by molar-refractivity contribution is -0.122. The second kappa shape index (κ2) is 9.04. The van der Waals surface area contributed by atoms with Gasteiger partial charge in [0.2, 0.25) is 0 Å². The van der Waals surface area contributed by atoms with Crippen molar-refractivity contribution in [1.82, 2.24) is 14.8 Å². The number of para-hydroxylation sites is 2. The van der Waals surface area contributed by atoms with Crippen molar-refractivity contribution in [2.45, 2.75) is 12.6 Å². The minimum absolute atomic E-state index is 0.277. The number of anilines is 2. The first-order chi connectivity index (χ1) is 16.2. The number of hydrogen-bond donors (Lipinski definition) is 1. The van der Waals surface area contributed by atoms with E-state index in [2.05, 4.69) is 32.4 Å². The molecule has 4 aromatic rings. The van der Waals surface area contributed by atoms with Crippen molar-refractivity contribution < 1.29 is 14.3 Å². The summed E-state index contributed by atoms with van der Waals surface area (Å²) in [6.45, 7) is 1.04. The number of nitrogens with zero attached hydrogens (tertiary/aromatic N) is 4. The highest BCUT2D eigenvalue weighted by Gasteiger charge is 2.31. The second-order valence-corrected chi connectivity index (χ2v) is 7.62. The Morgan fingerprint density at radius 2 is 1.94 bits per heavy atom. The highest BCUT2D eigenvalue weighted by molar-refractivity contribution is 5.95. The van der Waals surface area contributed by atoms with Crippen LogP contribution >= 0.6 is 0 Å².